The zero-order valence-electron chi connectivity index (χ0n) is 10.1. The Kier molecular flexibility index (Phi) is 3.32. The van der Waals surface area contributed by atoms with Crippen LogP contribution in [0, 0.1) is 0 Å². The molecule has 0 atom stereocenters. The van der Waals surface area contributed by atoms with Crippen molar-refractivity contribution in [3.63, 3.8) is 0 Å². The lowest BCUT2D eigenvalue weighted by atomic mass is 10.1. The molecule has 0 saturated carbocycles. The van der Waals surface area contributed by atoms with E-state index >= 15 is 0 Å². The fraction of sp³-hybridized carbons (Fsp3) is 0.231. The normalized spacial score (nSPS) is 10.3. The fourth-order valence-corrected chi connectivity index (χ4v) is 1.69. The van der Waals surface area contributed by atoms with Crippen molar-refractivity contribution in [3.05, 3.63) is 35.5 Å². The number of rotatable bonds is 3. The molecule has 0 unspecified atom stereocenters. The van der Waals surface area contributed by atoms with Gasteiger partial charge in [-0.05, 0) is 24.3 Å². The minimum absolute atomic E-state index is 0.192. The first kappa shape index (κ1) is 12.2. The minimum atomic E-state index is -0.375. The molecule has 0 spiro atoms. The van der Waals surface area contributed by atoms with Gasteiger partial charge in [-0.1, -0.05) is 0 Å². The molecule has 1 aromatic carbocycles. The van der Waals surface area contributed by atoms with Crippen molar-refractivity contribution in [2.45, 2.75) is 13.5 Å². The molecule has 0 radical (unpaired) electrons. The summed E-state index contributed by atoms with van der Waals surface area (Å²) in [6.45, 7) is 1.55. The summed E-state index contributed by atoms with van der Waals surface area (Å²) in [5, 5.41) is 0.875. The van der Waals surface area contributed by atoms with Crippen molar-refractivity contribution in [1.82, 2.24) is 4.98 Å². The molecule has 2 aromatic rings. The van der Waals surface area contributed by atoms with E-state index in [9.17, 15) is 9.59 Å². The number of carbonyl (C=O) groups excluding carboxylic acids is 2. The summed E-state index contributed by atoms with van der Waals surface area (Å²) in [6.07, 6.45) is 0. The van der Waals surface area contributed by atoms with E-state index in [4.69, 9.17) is 4.74 Å². The zero-order chi connectivity index (χ0) is 13.1. The standard InChI is InChI=1S/C13H13NO4/c1-8(15)18-7-11-6-10-5-9(13(16)17-2)3-4-12(10)14-11/h3-6,14H,7H2,1-2H3. The van der Waals surface area contributed by atoms with Crippen LogP contribution in [0.2, 0.25) is 0 Å². The van der Waals surface area contributed by atoms with Gasteiger partial charge in [-0.2, -0.15) is 0 Å². The van der Waals surface area contributed by atoms with Gasteiger partial charge in [-0.15, -0.1) is 0 Å². The second-order valence-corrected chi connectivity index (χ2v) is 3.87. The number of carbonyl (C=O) groups is 2. The summed E-state index contributed by atoms with van der Waals surface area (Å²) in [7, 11) is 1.34. The zero-order valence-corrected chi connectivity index (χ0v) is 10.1. The molecule has 0 aliphatic heterocycles. The third kappa shape index (κ3) is 2.51. The number of aromatic amines is 1. The number of aromatic nitrogens is 1. The third-order valence-corrected chi connectivity index (χ3v) is 2.53. The van der Waals surface area contributed by atoms with Crippen LogP contribution in [0.3, 0.4) is 0 Å². The van der Waals surface area contributed by atoms with Crippen LogP contribution < -0.4 is 0 Å². The van der Waals surface area contributed by atoms with Crippen molar-refractivity contribution >= 4 is 22.8 Å². The maximum absolute atomic E-state index is 11.4. The number of hydrogen-bond acceptors (Lipinski definition) is 4. The molecular formula is C13H13NO4. The molecule has 0 fully saturated rings. The number of hydrogen-bond donors (Lipinski definition) is 1. The van der Waals surface area contributed by atoms with Gasteiger partial charge in [0.2, 0.25) is 0 Å². The van der Waals surface area contributed by atoms with E-state index in [0.29, 0.717) is 5.56 Å². The first-order valence-corrected chi connectivity index (χ1v) is 5.43. The average molecular weight is 247 g/mol. The van der Waals surface area contributed by atoms with E-state index in [1.807, 2.05) is 6.07 Å². The van der Waals surface area contributed by atoms with Gasteiger partial charge in [-0.3, -0.25) is 4.79 Å². The van der Waals surface area contributed by atoms with Gasteiger partial charge in [0.25, 0.3) is 0 Å². The van der Waals surface area contributed by atoms with Crippen LogP contribution in [0.5, 0.6) is 0 Å². The highest BCUT2D eigenvalue weighted by molar-refractivity contribution is 5.94. The number of fused-ring (bicyclic) bond motifs is 1. The summed E-state index contributed by atoms with van der Waals surface area (Å²) in [5.74, 6) is -0.705. The monoisotopic (exact) mass is 247 g/mol. The van der Waals surface area contributed by atoms with Gasteiger partial charge >= 0.3 is 11.9 Å². The Balaban J connectivity index is 2.28. The highest BCUT2D eigenvalue weighted by Crippen LogP contribution is 2.18. The Morgan fingerprint density at radius 3 is 2.72 bits per heavy atom. The predicted molar refractivity (Wildman–Crippen MR) is 65.1 cm³/mol. The molecule has 0 aliphatic carbocycles. The molecular weight excluding hydrogens is 234 g/mol. The first-order chi connectivity index (χ1) is 8.60. The molecule has 0 aliphatic rings. The maximum atomic E-state index is 11.4. The van der Waals surface area contributed by atoms with Crippen LogP contribution in [0.15, 0.2) is 24.3 Å². The summed E-state index contributed by atoms with van der Waals surface area (Å²) < 4.78 is 9.55. The van der Waals surface area contributed by atoms with Gasteiger partial charge < -0.3 is 14.5 Å². The van der Waals surface area contributed by atoms with Crippen LogP contribution in [0.1, 0.15) is 23.0 Å². The number of ether oxygens (including phenoxy) is 2. The van der Waals surface area contributed by atoms with E-state index in [0.717, 1.165) is 16.6 Å². The summed E-state index contributed by atoms with van der Waals surface area (Å²) in [5.41, 5.74) is 2.15. The molecule has 1 N–H and O–H groups in total. The summed E-state index contributed by atoms with van der Waals surface area (Å²) >= 11 is 0. The molecule has 5 heteroatoms. The fourth-order valence-electron chi connectivity index (χ4n) is 1.69. The van der Waals surface area contributed by atoms with Crippen LogP contribution >= 0.6 is 0 Å². The molecule has 0 saturated heterocycles. The van der Waals surface area contributed by atoms with Crippen molar-refractivity contribution in [2.75, 3.05) is 7.11 Å². The number of nitrogens with one attached hydrogen (secondary N) is 1. The molecule has 1 aromatic heterocycles. The van der Waals surface area contributed by atoms with Crippen LogP contribution in [0.25, 0.3) is 10.9 Å². The number of benzene rings is 1. The number of esters is 2. The van der Waals surface area contributed by atoms with Crippen LogP contribution in [-0.2, 0) is 20.9 Å². The Bertz CT molecular complexity index is 600. The predicted octanol–water partition coefficient (Wildman–Crippen LogP) is 2.02. The van der Waals surface area contributed by atoms with E-state index in [1.54, 1.807) is 18.2 Å². The molecule has 2 rings (SSSR count). The Morgan fingerprint density at radius 1 is 1.28 bits per heavy atom. The lowest BCUT2D eigenvalue weighted by Gasteiger charge is -1.98. The Labute approximate surface area is 104 Å². The van der Waals surface area contributed by atoms with Crippen molar-refractivity contribution in [1.29, 1.82) is 0 Å². The quantitative estimate of drug-likeness (QED) is 0.842. The lowest BCUT2D eigenvalue weighted by molar-refractivity contribution is -0.142. The van der Waals surface area contributed by atoms with E-state index in [2.05, 4.69) is 9.72 Å². The number of H-pyrrole nitrogens is 1. The van der Waals surface area contributed by atoms with Gasteiger partial charge in [0, 0.05) is 17.8 Å². The van der Waals surface area contributed by atoms with E-state index in [1.165, 1.54) is 14.0 Å². The summed E-state index contributed by atoms with van der Waals surface area (Å²) in [6, 6.07) is 7.04. The van der Waals surface area contributed by atoms with Crippen molar-refractivity contribution in [3.8, 4) is 0 Å². The van der Waals surface area contributed by atoms with Crippen molar-refractivity contribution in [2.24, 2.45) is 0 Å². The number of methoxy groups -OCH3 is 1. The molecule has 5 nitrogen and oxygen atoms in total. The molecule has 0 amide bonds. The SMILES string of the molecule is COC(=O)c1ccc2[nH]c(COC(C)=O)cc2c1. The van der Waals surface area contributed by atoms with E-state index < -0.39 is 0 Å². The molecule has 18 heavy (non-hydrogen) atoms. The largest absolute Gasteiger partial charge is 0.465 e. The van der Waals surface area contributed by atoms with Gasteiger partial charge in [0.15, 0.2) is 0 Å². The van der Waals surface area contributed by atoms with Gasteiger partial charge in [0.1, 0.15) is 6.61 Å². The van der Waals surface area contributed by atoms with Gasteiger partial charge in [-0.25, -0.2) is 4.79 Å². The lowest BCUT2D eigenvalue weighted by Crippen LogP contribution is -2.00. The molecule has 0 bridgehead atoms. The average Bonchev–Trinajstić information content (AvgIpc) is 2.77. The van der Waals surface area contributed by atoms with Crippen LogP contribution in [0.4, 0.5) is 0 Å². The van der Waals surface area contributed by atoms with Crippen LogP contribution in [-0.4, -0.2) is 24.0 Å². The topological polar surface area (TPSA) is 68.4 Å². The second-order valence-electron chi connectivity index (χ2n) is 3.87. The Morgan fingerprint density at radius 2 is 2.06 bits per heavy atom. The Hall–Kier alpha value is -2.30. The van der Waals surface area contributed by atoms with Gasteiger partial charge in [0.05, 0.1) is 18.4 Å². The van der Waals surface area contributed by atoms with E-state index in [-0.39, 0.29) is 18.5 Å². The smallest absolute Gasteiger partial charge is 0.337 e. The highest BCUT2D eigenvalue weighted by atomic mass is 16.5. The molecule has 1 heterocycles. The minimum Gasteiger partial charge on any atom is -0.465 e. The second kappa shape index (κ2) is 4.91. The highest BCUT2D eigenvalue weighted by Gasteiger charge is 2.08. The third-order valence-electron chi connectivity index (χ3n) is 2.53. The first-order valence-electron chi connectivity index (χ1n) is 5.43. The summed E-state index contributed by atoms with van der Waals surface area (Å²) in [4.78, 5) is 25.2. The maximum Gasteiger partial charge on any atom is 0.337 e. The van der Waals surface area contributed by atoms with Crippen molar-refractivity contribution < 1.29 is 19.1 Å². The molecule has 94 valence electrons.